The average molecular weight is 442 g/mol. The predicted octanol–water partition coefficient (Wildman–Crippen LogP) is 2.11. The molecule has 2 aliphatic rings. The number of nitrogens with one attached hydrogen (secondary N) is 1. The van der Waals surface area contributed by atoms with E-state index in [1.165, 1.54) is 5.57 Å². The van der Waals surface area contributed by atoms with Gasteiger partial charge in [0, 0.05) is 32.7 Å². The van der Waals surface area contributed by atoms with E-state index in [1.54, 1.807) is 6.21 Å². The number of carbonyl (C=O) groups is 1. The quantitative estimate of drug-likeness (QED) is 0.349. The Bertz CT molecular complexity index is 884. The second-order valence-electron chi connectivity index (χ2n) is 7.83. The summed E-state index contributed by atoms with van der Waals surface area (Å²) in [6, 6.07) is 7.56. The number of nitrogens with two attached hydrogens (primary N) is 1. The third-order valence-electron chi connectivity index (χ3n) is 5.42. The van der Waals surface area contributed by atoms with Crippen LogP contribution in [0.1, 0.15) is 24.8 Å². The van der Waals surface area contributed by atoms with Crippen LogP contribution >= 0.6 is 0 Å². The fourth-order valence-electron chi connectivity index (χ4n) is 3.74. The summed E-state index contributed by atoms with van der Waals surface area (Å²) in [5.74, 6) is -0.0956. The van der Waals surface area contributed by atoms with Gasteiger partial charge in [-0.25, -0.2) is 14.8 Å². The molecule has 1 fully saturated rings. The molecule has 0 bridgehead atoms. The van der Waals surface area contributed by atoms with E-state index in [0.29, 0.717) is 11.4 Å². The Morgan fingerprint density at radius 2 is 1.90 bits per heavy atom. The van der Waals surface area contributed by atoms with E-state index in [9.17, 15) is 9.00 Å². The molecule has 3 rings (SSSR count). The van der Waals surface area contributed by atoms with E-state index in [1.807, 2.05) is 30.3 Å². The first-order valence-corrected chi connectivity index (χ1v) is 11.8. The molecule has 8 heteroatoms. The van der Waals surface area contributed by atoms with Crippen molar-refractivity contribution >= 4 is 23.1 Å². The van der Waals surface area contributed by atoms with Crippen LogP contribution in [0.4, 0.5) is 0 Å². The van der Waals surface area contributed by atoms with Gasteiger partial charge < -0.3 is 0 Å². The van der Waals surface area contributed by atoms with Gasteiger partial charge in [-0.1, -0.05) is 35.9 Å². The lowest BCUT2D eigenvalue weighted by atomic mass is 9.98. The van der Waals surface area contributed by atoms with Crippen LogP contribution in [0, 0.1) is 0 Å². The highest BCUT2D eigenvalue weighted by Crippen LogP contribution is 2.19. The van der Waals surface area contributed by atoms with E-state index in [4.69, 9.17) is 5.14 Å². The second-order valence-corrected chi connectivity index (χ2v) is 8.89. The lowest BCUT2D eigenvalue weighted by Crippen LogP contribution is -2.48. The first kappa shape index (κ1) is 23.3. The summed E-state index contributed by atoms with van der Waals surface area (Å²) in [4.78, 5) is 17.3. The normalized spacial score (nSPS) is 19.0. The second kappa shape index (κ2) is 11.9. The lowest BCUT2D eigenvalue weighted by molar-refractivity contribution is -0.122. The zero-order valence-electron chi connectivity index (χ0n) is 17.8. The van der Waals surface area contributed by atoms with Gasteiger partial charge in [0.25, 0.3) is 5.91 Å². The maximum atomic E-state index is 12.2. The number of rotatable bonds is 9. The van der Waals surface area contributed by atoms with Gasteiger partial charge in [-0.15, -0.1) is 6.58 Å². The minimum absolute atomic E-state index is 0.0956. The van der Waals surface area contributed by atoms with Crippen LogP contribution in [0.5, 0.6) is 0 Å². The minimum Gasteiger partial charge on any atom is -0.297 e. The summed E-state index contributed by atoms with van der Waals surface area (Å²) in [7, 11) is -1.44. The Kier molecular flexibility index (Phi) is 8.90. The molecule has 1 aliphatic heterocycles. The summed E-state index contributed by atoms with van der Waals surface area (Å²) < 4.78 is 11.3. The molecule has 0 spiro atoms. The van der Waals surface area contributed by atoms with Crippen LogP contribution in [0.2, 0.25) is 0 Å². The first-order chi connectivity index (χ1) is 15.0. The molecule has 31 heavy (non-hydrogen) atoms. The molecule has 3 N–H and O–H groups in total. The molecule has 1 atom stereocenters. The molecule has 1 unspecified atom stereocenters. The van der Waals surface area contributed by atoms with Crippen molar-refractivity contribution in [2.24, 2.45) is 10.2 Å². The van der Waals surface area contributed by atoms with Crippen molar-refractivity contribution in [3.63, 3.8) is 0 Å². The smallest absolute Gasteiger partial charge is 0.254 e. The molecule has 1 aromatic carbocycles. The van der Waals surface area contributed by atoms with Crippen molar-refractivity contribution in [1.29, 1.82) is 0 Å². The number of nitrogens with zero attached hydrogens (tertiary/aromatic N) is 3. The highest BCUT2D eigenvalue weighted by Gasteiger charge is 2.19. The number of benzene rings is 1. The molecule has 1 aliphatic carbocycles. The highest BCUT2D eigenvalue weighted by molar-refractivity contribution is 7.82. The SMILES string of the molecule is C=CCC1=CC(/C=N/NC(=O)CN2CCN(Cc3ccc(S(N)=O)cc3)CC2)=CCC1. The summed E-state index contributed by atoms with van der Waals surface area (Å²) in [5.41, 5.74) is 6.17. The zero-order chi connectivity index (χ0) is 22.1. The van der Waals surface area contributed by atoms with E-state index < -0.39 is 11.0 Å². The molecule has 0 radical (unpaired) electrons. The number of amides is 1. The maximum absolute atomic E-state index is 12.2. The zero-order valence-corrected chi connectivity index (χ0v) is 18.7. The molecular formula is C23H31N5O2S. The largest absolute Gasteiger partial charge is 0.297 e. The Morgan fingerprint density at radius 3 is 2.58 bits per heavy atom. The van der Waals surface area contributed by atoms with Gasteiger partial charge in [0.15, 0.2) is 0 Å². The van der Waals surface area contributed by atoms with Crippen LogP contribution in [0.15, 0.2) is 70.2 Å². The molecule has 1 amide bonds. The van der Waals surface area contributed by atoms with Gasteiger partial charge in [0.1, 0.15) is 11.0 Å². The van der Waals surface area contributed by atoms with Crippen molar-refractivity contribution in [3.05, 3.63) is 65.8 Å². The molecule has 0 saturated carbocycles. The van der Waals surface area contributed by atoms with E-state index in [0.717, 1.165) is 63.1 Å². The van der Waals surface area contributed by atoms with Gasteiger partial charge in [0.2, 0.25) is 0 Å². The number of allylic oxidation sites excluding steroid dienone is 5. The average Bonchev–Trinajstić information content (AvgIpc) is 2.76. The fraction of sp³-hybridized carbons (Fsp3) is 0.391. The van der Waals surface area contributed by atoms with Gasteiger partial charge in [-0.05, 0) is 42.5 Å². The van der Waals surface area contributed by atoms with Crippen LogP contribution in [-0.4, -0.2) is 58.9 Å². The lowest BCUT2D eigenvalue weighted by Gasteiger charge is -2.34. The summed E-state index contributed by atoms with van der Waals surface area (Å²) in [5, 5.41) is 9.51. The van der Waals surface area contributed by atoms with Crippen molar-refractivity contribution in [1.82, 2.24) is 15.2 Å². The minimum atomic E-state index is -1.44. The Balaban J connectivity index is 1.37. The van der Waals surface area contributed by atoms with Crippen molar-refractivity contribution < 1.29 is 9.00 Å². The Hall–Kier alpha value is -2.39. The first-order valence-electron chi connectivity index (χ1n) is 10.6. The summed E-state index contributed by atoms with van der Waals surface area (Å²) in [6.45, 7) is 8.42. The number of hydrogen-bond acceptors (Lipinski definition) is 5. The standard InChI is InChI=1S/C23H31N5O2S/c1-2-4-19-5-3-6-21(15-19)16-25-26-23(29)18-28-13-11-27(12-14-28)17-20-7-9-22(10-8-20)31(24)30/h2,6-10,15-16H,1,3-5,11-14,17-18,24H2,(H,26,29)/b25-16+. The molecule has 0 aromatic heterocycles. The number of hydrazone groups is 1. The predicted molar refractivity (Wildman–Crippen MR) is 126 cm³/mol. The third-order valence-corrected chi connectivity index (χ3v) is 6.16. The highest BCUT2D eigenvalue weighted by atomic mass is 32.2. The van der Waals surface area contributed by atoms with E-state index >= 15 is 0 Å². The number of piperazine rings is 1. The maximum Gasteiger partial charge on any atom is 0.254 e. The van der Waals surface area contributed by atoms with Gasteiger partial charge in [0.05, 0.1) is 17.7 Å². The molecule has 166 valence electrons. The van der Waals surface area contributed by atoms with E-state index in [2.05, 4.69) is 39.1 Å². The molecule has 1 saturated heterocycles. The Labute approximate surface area is 187 Å². The Morgan fingerprint density at radius 1 is 1.19 bits per heavy atom. The van der Waals surface area contributed by atoms with Gasteiger partial charge >= 0.3 is 0 Å². The van der Waals surface area contributed by atoms with Crippen LogP contribution in [0.25, 0.3) is 0 Å². The molecular weight excluding hydrogens is 410 g/mol. The summed E-state index contributed by atoms with van der Waals surface area (Å²) in [6.07, 6.45) is 10.8. The van der Waals surface area contributed by atoms with Crippen molar-refractivity contribution in [2.45, 2.75) is 30.7 Å². The molecule has 7 nitrogen and oxygen atoms in total. The summed E-state index contributed by atoms with van der Waals surface area (Å²) >= 11 is 0. The number of carbonyl (C=O) groups excluding carboxylic acids is 1. The third kappa shape index (κ3) is 7.66. The molecule has 1 heterocycles. The monoisotopic (exact) mass is 441 g/mol. The molecule has 1 aromatic rings. The van der Waals surface area contributed by atoms with Gasteiger partial charge in [-0.2, -0.15) is 5.10 Å². The van der Waals surface area contributed by atoms with Crippen LogP contribution in [-0.2, 0) is 22.3 Å². The number of hydrogen-bond donors (Lipinski definition) is 2. The van der Waals surface area contributed by atoms with Crippen molar-refractivity contribution in [2.75, 3.05) is 32.7 Å². The van der Waals surface area contributed by atoms with Crippen LogP contribution in [0.3, 0.4) is 0 Å². The topological polar surface area (TPSA) is 91.0 Å². The van der Waals surface area contributed by atoms with Crippen LogP contribution < -0.4 is 10.6 Å². The van der Waals surface area contributed by atoms with Gasteiger partial charge in [-0.3, -0.25) is 14.6 Å². The van der Waals surface area contributed by atoms with E-state index in [-0.39, 0.29) is 5.91 Å². The van der Waals surface area contributed by atoms with Crippen molar-refractivity contribution in [3.8, 4) is 0 Å². The fourth-order valence-corrected chi connectivity index (χ4v) is 4.14.